The molecule has 0 aromatic heterocycles. The fraction of sp³-hybridized carbons (Fsp3) is 0.176. The number of benzene rings is 2. The molecule has 0 amide bonds. The van der Waals surface area contributed by atoms with Crippen LogP contribution in [0.1, 0.15) is 11.1 Å². The Bertz CT molecular complexity index is 855. The predicted octanol–water partition coefficient (Wildman–Crippen LogP) is 1.68. The van der Waals surface area contributed by atoms with Crippen LogP contribution in [0.2, 0.25) is 0 Å². The van der Waals surface area contributed by atoms with Crippen LogP contribution < -0.4 is 25.3 Å². The minimum Gasteiger partial charge on any atom is -0.865 e. The van der Waals surface area contributed by atoms with Crippen LogP contribution in [-0.4, -0.2) is 30.5 Å². The molecule has 0 aliphatic heterocycles. The first kappa shape index (κ1) is 19.9. The van der Waals surface area contributed by atoms with Gasteiger partial charge in [0, 0.05) is 23.9 Å². The molecule has 0 bridgehead atoms. The van der Waals surface area contributed by atoms with Crippen LogP contribution in [0.25, 0.3) is 0 Å². The number of nitro groups is 1. The molecule has 0 radical (unpaired) electrons. The van der Waals surface area contributed by atoms with E-state index in [1.165, 1.54) is 19.4 Å². The number of thiocarbonyl (C=S) groups is 1. The molecule has 27 heavy (non-hydrogen) atoms. The van der Waals surface area contributed by atoms with Crippen molar-refractivity contribution in [3.63, 3.8) is 0 Å². The molecule has 2 rings (SSSR count). The lowest BCUT2D eigenvalue weighted by molar-refractivity contribution is -0.398. The molecule has 0 aliphatic rings. The van der Waals surface area contributed by atoms with E-state index < -0.39 is 16.4 Å². The summed E-state index contributed by atoms with van der Waals surface area (Å²) < 4.78 is 9.95. The molecule has 9 nitrogen and oxygen atoms in total. The van der Waals surface area contributed by atoms with Gasteiger partial charge in [-0.3, -0.25) is 15.5 Å². The summed E-state index contributed by atoms with van der Waals surface area (Å²) in [6.45, 7) is 0.482. The topological polar surface area (TPSA) is 121 Å². The van der Waals surface area contributed by atoms with Gasteiger partial charge in [-0.25, -0.2) is 0 Å². The Morgan fingerprint density at radius 3 is 2.56 bits per heavy atom. The highest BCUT2D eigenvalue weighted by Crippen LogP contribution is 2.33. The lowest BCUT2D eigenvalue weighted by Crippen LogP contribution is -2.31. The number of hydrogen-bond acceptors (Lipinski definition) is 7. The number of nitrogens with zero attached hydrogens (tertiary/aromatic N) is 2. The molecule has 0 spiro atoms. The van der Waals surface area contributed by atoms with Gasteiger partial charge < -0.3 is 19.9 Å². The Hall–Kier alpha value is -3.40. The van der Waals surface area contributed by atoms with Gasteiger partial charge in [-0.2, -0.15) is 5.10 Å². The van der Waals surface area contributed by atoms with Gasteiger partial charge in [0.25, 0.3) is 5.69 Å². The van der Waals surface area contributed by atoms with Gasteiger partial charge in [-0.05, 0) is 36.0 Å². The molecule has 0 saturated carbocycles. The van der Waals surface area contributed by atoms with Gasteiger partial charge in [-0.1, -0.05) is 12.1 Å². The van der Waals surface area contributed by atoms with Gasteiger partial charge in [0.1, 0.15) is 11.5 Å². The minimum absolute atomic E-state index is 0.133. The summed E-state index contributed by atoms with van der Waals surface area (Å²) in [5.74, 6) is -0.159. The van der Waals surface area contributed by atoms with Crippen LogP contribution in [0.4, 0.5) is 5.69 Å². The second-order valence-corrected chi connectivity index (χ2v) is 5.64. The van der Waals surface area contributed by atoms with E-state index in [2.05, 4.69) is 15.8 Å². The summed E-state index contributed by atoms with van der Waals surface area (Å²) in [4.78, 5) is 10.2. The van der Waals surface area contributed by atoms with Gasteiger partial charge in [0.05, 0.1) is 25.4 Å². The zero-order valence-electron chi connectivity index (χ0n) is 14.6. The summed E-state index contributed by atoms with van der Waals surface area (Å²) in [6, 6.07) is 9.94. The molecule has 10 heteroatoms. The Balaban J connectivity index is 1.94. The lowest BCUT2D eigenvalue weighted by Gasteiger charge is -2.13. The summed E-state index contributed by atoms with van der Waals surface area (Å²) in [7, 11) is 2.86. The van der Waals surface area contributed by atoms with Crippen molar-refractivity contribution in [1.82, 2.24) is 10.7 Å². The minimum atomic E-state index is -0.788. The number of hydrazone groups is 1. The smallest absolute Gasteiger partial charge is 0.266 e. The van der Waals surface area contributed by atoms with Gasteiger partial charge in [0.15, 0.2) is 5.11 Å². The maximum Gasteiger partial charge on any atom is 0.266 e. The molecule has 0 fully saturated rings. The number of rotatable bonds is 7. The van der Waals surface area contributed by atoms with E-state index in [-0.39, 0.29) is 10.9 Å². The lowest BCUT2D eigenvalue weighted by atomic mass is 10.2. The van der Waals surface area contributed by atoms with Crippen molar-refractivity contribution < 1.29 is 19.5 Å². The number of methoxy groups -OCH3 is 2. The van der Waals surface area contributed by atoms with E-state index in [9.17, 15) is 15.2 Å². The van der Waals surface area contributed by atoms with Crippen molar-refractivity contribution >= 4 is 29.2 Å². The van der Waals surface area contributed by atoms with Crippen molar-refractivity contribution in [1.29, 1.82) is 0 Å². The van der Waals surface area contributed by atoms with Crippen LogP contribution in [-0.2, 0) is 6.54 Å². The molecule has 0 aliphatic carbocycles. The van der Waals surface area contributed by atoms with Gasteiger partial charge >= 0.3 is 0 Å². The number of nitrogens with one attached hydrogen (secondary N) is 2. The zero-order valence-corrected chi connectivity index (χ0v) is 15.4. The third kappa shape index (κ3) is 5.54. The molecule has 0 heterocycles. The van der Waals surface area contributed by atoms with E-state index in [4.69, 9.17) is 21.7 Å². The van der Waals surface area contributed by atoms with E-state index >= 15 is 0 Å². The first-order valence-corrected chi connectivity index (χ1v) is 8.08. The van der Waals surface area contributed by atoms with Gasteiger partial charge in [-0.15, -0.1) is 0 Å². The Labute approximate surface area is 160 Å². The summed E-state index contributed by atoms with van der Waals surface area (Å²) in [6.07, 6.45) is 1.30. The van der Waals surface area contributed by atoms with Crippen LogP contribution in [0.3, 0.4) is 0 Å². The first-order valence-electron chi connectivity index (χ1n) is 7.68. The third-order valence-electron chi connectivity index (χ3n) is 3.47. The first-order chi connectivity index (χ1) is 12.9. The molecule has 0 unspecified atom stereocenters. The standard InChI is InChI=1S/C17H18N4O5S/c1-25-13-5-3-11(4-6-13)9-18-17(27)20-19-10-12-7-14(21(23)24)16(22)15(8-12)26-2/h3-8,10,22H,9H2,1-2H3,(H2,18,20,27)/p-1/b19-10-. The van der Waals surface area contributed by atoms with Gasteiger partial charge in [0.2, 0.25) is 0 Å². The molecular formula is C17H17N4O5S-. The average molecular weight is 389 g/mol. The number of ether oxygens (including phenoxy) is 2. The fourth-order valence-electron chi connectivity index (χ4n) is 2.10. The van der Waals surface area contributed by atoms with Crippen LogP contribution in [0, 0.1) is 10.1 Å². The maximum absolute atomic E-state index is 11.8. The normalized spacial score (nSPS) is 10.4. The highest BCUT2D eigenvalue weighted by Gasteiger charge is 2.12. The van der Waals surface area contributed by atoms with E-state index in [0.717, 1.165) is 17.4 Å². The fourth-order valence-corrected chi connectivity index (χ4v) is 2.23. The molecule has 0 atom stereocenters. The van der Waals surface area contributed by atoms with Crippen molar-refractivity contribution in [3.8, 4) is 17.2 Å². The zero-order chi connectivity index (χ0) is 19.8. The Morgan fingerprint density at radius 1 is 1.26 bits per heavy atom. The highest BCUT2D eigenvalue weighted by molar-refractivity contribution is 7.80. The predicted molar refractivity (Wildman–Crippen MR) is 102 cm³/mol. The average Bonchev–Trinajstić information content (AvgIpc) is 2.67. The van der Waals surface area contributed by atoms with Crippen LogP contribution >= 0.6 is 12.2 Å². The SMILES string of the molecule is COc1ccc(CNC(=S)N/N=C\c2cc(OC)c([O-])c([N+](=O)[O-])c2)cc1. The second-order valence-electron chi connectivity index (χ2n) is 5.23. The van der Waals surface area contributed by atoms with E-state index in [1.54, 1.807) is 7.11 Å². The monoisotopic (exact) mass is 389 g/mol. The summed E-state index contributed by atoms with van der Waals surface area (Å²) in [5.41, 5.74) is 3.33. The van der Waals surface area contributed by atoms with Crippen LogP contribution in [0.15, 0.2) is 41.5 Å². The Kier molecular flexibility index (Phi) is 6.89. The summed E-state index contributed by atoms with van der Waals surface area (Å²) in [5, 5.41) is 29.8. The highest BCUT2D eigenvalue weighted by atomic mass is 32.1. The van der Waals surface area contributed by atoms with Crippen molar-refractivity contribution in [2.24, 2.45) is 5.10 Å². The van der Waals surface area contributed by atoms with Crippen molar-refractivity contribution in [2.75, 3.05) is 14.2 Å². The molecule has 0 saturated heterocycles. The van der Waals surface area contributed by atoms with Crippen molar-refractivity contribution in [2.45, 2.75) is 6.54 Å². The van der Waals surface area contributed by atoms with Crippen LogP contribution in [0.5, 0.6) is 17.2 Å². The Morgan fingerprint density at radius 2 is 1.96 bits per heavy atom. The van der Waals surface area contributed by atoms with E-state index in [0.29, 0.717) is 12.1 Å². The maximum atomic E-state index is 11.8. The largest absolute Gasteiger partial charge is 0.865 e. The second kappa shape index (κ2) is 9.34. The molecular weight excluding hydrogens is 372 g/mol. The number of hydrogen-bond donors (Lipinski definition) is 2. The third-order valence-corrected chi connectivity index (χ3v) is 3.70. The van der Waals surface area contributed by atoms with E-state index in [1.807, 2.05) is 24.3 Å². The molecule has 142 valence electrons. The van der Waals surface area contributed by atoms with Crippen molar-refractivity contribution in [3.05, 3.63) is 57.6 Å². The molecule has 2 N–H and O–H groups in total. The summed E-state index contributed by atoms with van der Waals surface area (Å²) >= 11 is 5.11. The molecule has 2 aromatic carbocycles. The molecule has 2 aromatic rings. The number of nitro benzene ring substituents is 1. The quantitative estimate of drug-likeness (QED) is 0.318.